The monoisotopic (exact) mass is 492 g/mol. The van der Waals surface area contributed by atoms with Gasteiger partial charge in [-0.15, -0.1) is 0 Å². The van der Waals surface area contributed by atoms with Gasteiger partial charge in [0.05, 0.1) is 22.3 Å². The molecular weight excluding hydrogens is 470 g/mol. The third kappa shape index (κ3) is 4.77. The summed E-state index contributed by atoms with van der Waals surface area (Å²) in [6, 6.07) is 19.2. The van der Waals surface area contributed by atoms with E-state index in [9.17, 15) is 18.4 Å². The van der Waals surface area contributed by atoms with E-state index >= 15 is 0 Å². The van der Waals surface area contributed by atoms with Crippen molar-refractivity contribution in [1.29, 1.82) is 0 Å². The minimum absolute atomic E-state index is 0.0653. The first-order valence-electron chi connectivity index (χ1n) is 11.2. The first-order chi connectivity index (χ1) is 17.0. The van der Waals surface area contributed by atoms with Gasteiger partial charge in [0.25, 0.3) is 5.56 Å². The van der Waals surface area contributed by atoms with Crippen molar-refractivity contribution in [2.45, 2.75) is 5.16 Å². The molecule has 0 N–H and O–H groups in total. The Morgan fingerprint density at radius 3 is 2.31 bits per heavy atom. The first-order valence-corrected chi connectivity index (χ1v) is 12.2. The summed E-state index contributed by atoms with van der Waals surface area (Å²) in [6.07, 6.45) is 0. The van der Waals surface area contributed by atoms with Crippen LogP contribution in [-0.4, -0.2) is 52.3 Å². The predicted octanol–water partition coefficient (Wildman–Crippen LogP) is 4.10. The van der Waals surface area contributed by atoms with E-state index in [4.69, 9.17) is 0 Å². The molecule has 2 heterocycles. The topological polar surface area (TPSA) is 58.4 Å². The number of aromatic nitrogens is 2. The summed E-state index contributed by atoms with van der Waals surface area (Å²) < 4.78 is 29.1. The van der Waals surface area contributed by atoms with E-state index in [1.54, 1.807) is 53.4 Å². The lowest BCUT2D eigenvalue weighted by atomic mass is 10.2. The molecule has 3 aromatic carbocycles. The Morgan fingerprint density at radius 1 is 0.886 bits per heavy atom. The number of rotatable bonds is 5. The minimum atomic E-state index is -0.545. The van der Waals surface area contributed by atoms with Crippen LogP contribution in [0, 0.1) is 11.6 Å². The number of piperazine rings is 1. The smallest absolute Gasteiger partial charge is 0.266 e. The molecule has 35 heavy (non-hydrogen) atoms. The lowest BCUT2D eigenvalue weighted by Gasteiger charge is -2.36. The van der Waals surface area contributed by atoms with Crippen LogP contribution < -0.4 is 10.5 Å². The van der Waals surface area contributed by atoms with Crippen molar-refractivity contribution in [2.24, 2.45) is 0 Å². The zero-order valence-corrected chi connectivity index (χ0v) is 19.5. The molecule has 0 radical (unpaired) electrons. The summed E-state index contributed by atoms with van der Waals surface area (Å²) in [5.74, 6) is -0.848. The molecule has 1 saturated heterocycles. The molecule has 0 atom stereocenters. The van der Waals surface area contributed by atoms with Crippen LogP contribution in [0.1, 0.15) is 0 Å². The highest BCUT2D eigenvalue weighted by molar-refractivity contribution is 7.99. The highest BCUT2D eigenvalue weighted by Crippen LogP contribution is 2.24. The second-order valence-electron chi connectivity index (χ2n) is 8.14. The van der Waals surface area contributed by atoms with E-state index in [0.717, 1.165) is 17.4 Å². The summed E-state index contributed by atoms with van der Waals surface area (Å²) in [5, 5.41) is 0.639. The third-order valence-corrected chi connectivity index (χ3v) is 6.91. The van der Waals surface area contributed by atoms with Gasteiger partial charge in [-0.2, -0.15) is 0 Å². The van der Waals surface area contributed by atoms with Gasteiger partial charge in [0, 0.05) is 31.9 Å². The lowest BCUT2D eigenvalue weighted by Crippen LogP contribution is -2.49. The Bertz CT molecular complexity index is 1430. The van der Waals surface area contributed by atoms with E-state index in [1.807, 2.05) is 0 Å². The molecule has 0 aliphatic carbocycles. The number of para-hydroxylation sites is 2. The van der Waals surface area contributed by atoms with Gasteiger partial charge >= 0.3 is 0 Å². The van der Waals surface area contributed by atoms with Gasteiger partial charge in [-0.1, -0.05) is 36.0 Å². The average molecular weight is 493 g/mol. The summed E-state index contributed by atoms with van der Waals surface area (Å²) in [5.41, 5.74) is 1.12. The molecule has 5 rings (SSSR count). The number of anilines is 1. The largest absolute Gasteiger partial charge is 0.368 e. The molecule has 1 aliphatic rings. The van der Waals surface area contributed by atoms with Crippen molar-refractivity contribution in [1.82, 2.24) is 14.5 Å². The summed E-state index contributed by atoms with van der Waals surface area (Å²) in [4.78, 5) is 34.7. The van der Waals surface area contributed by atoms with Crippen LogP contribution in [0.3, 0.4) is 0 Å². The van der Waals surface area contributed by atoms with Gasteiger partial charge in [0.15, 0.2) is 5.16 Å². The molecule has 1 fully saturated rings. The molecule has 178 valence electrons. The molecule has 9 heteroatoms. The fraction of sp³-hybridized carbons (Fsp3) is 0.192. The number of thioether (sulfide) groups is 1. The van der Waals surface area contributed by atoms with Crippen LogP contribution >= 0.6 is 11.8 Å². The van der Waals surface area contributed by atoms with Crippen molar-refractivity contribution < 1.29 is 13.6 Å². The number of hydrogen-bond donors (Lipinski definition) is 0. The number of amides is 1. The van der Waals surface area contributed by atoms with Crippen LogP contribution in [0.15, 0.2) is 82.7 Å². The van der Waals surface area contributed by atoms with E-state index < -0.39 is 5.82 Å². The van der Waals surface area contributed by atoms with Crippen molar-refractivity contribution in [3.05, 3.63) is 94.8 Å². The molecule has 1 aliphatic heterocycles. The number of carbonyl (C=O) groups is 1. The molecule has 0 bridgehead atoms. The maximum absolute atomic E-state index is 14.6. The Kier molecular flexibility index (Phi) is 6.50. The van der Waals surface area contributed by atoms with E-state index in [-0.39, 0.29) is 33.9 Å². The number of benzene rings is 3. The van der Waals surface area contributed by atoms with Crippen molar-refractivity contribution in [3.8, 4) is 5.69 Å². The molecule has 1 amide bonds. The third-order valence-electron chi connectivity index (χ3n) is 5.99. The Hall–Kier alpha value is -3.72. The first kappa shape index (κ1) is 23.0. The van der Waals surface area contributed by atoms with Gasteiger partial charge in [-0.05, 0) is 48.5 Å². The maximum atomic E-state index is 14.6. The SMILES string of the molecule is O=C(CSc1nc2ccccc2c(=O)n1-c1ccccc1F)N1CCN(c2ccc(F)cc2)CC1. The predicted molar refractivity (Wildman–Crippen MR) is 133 cm³/mol. The van der Waals surface area contributed by atoms with Gasteiger partial charge < -0.3 is 9.80 Å². The molecule has 0 unspecified atom stereocenters. The summed E-state index contributed by atoms with van der Waals surface area (Å²) >= 11 is 1.12. The molecule has 1 aromatic heterocycles. The van der Waals surface area contributed by atoms with Gasteiger partial charge in [-0.3, -0.25) is 14.2 Å². The number of carbonyl (C=O) groups excluding carboxylic acids is 1. The van der Waals surface area contributed by atoms with E-state index in [2.05, 4.69) is 9.88 Å². The fourth-order valence-corrected chi connectivity index (χ4v) is 5.05. The lowest BCUT2D eigenvalue weighted by molar-refractivity contribution is -0.128. The summed E-state index contributed by atoms with van der Waals surface area (Å²) in [6.45, 7) is 2.33. The van der Waals surface area contributed by atoms with Crippen LogP contribution in [0.25, 0.3) is 16.6 Å². The number of hydrogen-bond acceptors (Lipinski definition) is 5. The van der Waals surface area contributed by atoms with Crippen molar-refractivity contribution in [2.75, 3.05) is 36.8 Å². The molecule has 0 spiro atoms. The van der Waals surface area contributed by atoms with Crippen LogP contribution in [0.5, 0.6) is 0 Å². The maximum Gasteiger partial charge on any atom is 0.266 e. The highest BCUT2D eigenvalue weighted by atomic mass is 32.2. The highest BCUT2D eigenvalue weighted by Gasteiger charge is 2.23. The number of fused-ring (bicyclic) bond motifs is 1. The van der Waals surface area contributed by atoms with E-state index in [1.165, 1.54) is 28.8 Å². The van der Waals surface area contributed by atoms with E-state index in [0.29, 0.717) is 37.1 Å². The Balaban J connectivity index is 1.34. The standard InChI is InChI=1S/C26H22F2N4O2S/c27-18-9-11-19(12-10-18)30-13-15-31(16-14-30)24(33)17-35-26-29-22-7-3-1-5-20(22)25(34)32(26)23-8-4-2-6-21(23)28/h1-12H,13-17H2. The molecule has 0 saturated carbocycles. The second-order valence-corrected chi connectivity index (χ2v) is 9.08. The zero-order chi connectivity index (χ0) is 24.4. The summed E-state index contributed by atoms with van der Waals surface area (Å²) in [7, 11) is 0. The van der Waals surface area contributed by atoms with Crippen LogP contribution in [-0.2, 0) is 4.79 Å². The fourth-order valence-electron chi connectivity index (χ4n) is 4.14. The van der Waals surface area contributed by atoms with Crippen molar-refractivity contribution >= 4 is 34.3 Å². The zero-order valence-electron chi connectivity index (χ0n) is 18.7. The van der Waals surface area contributed by atoms with Crippen LogP contribution in [0.4, 0.5) is 14.5 Å². The number of halogens is 2. The minimum Gasteiger partial charge on any atom is -0.368 e. The van der Waals surface area contributed by atoms with Crippen LogP contribution in [0.2, 0.25) is 0 Å². The van der Waals surface area contributed by atoms with Gasteiger partial charge in [0.2, 0.25) is 5.91 Å². The molecule has 6 nitrogen and oxygen atoms in total. The molecule has 4 aromatic rings. The quantitative estimate of drug-likeness (QED) is 0.310. The second kappa shape index (κ2) is 9.87. The Morgan fingerprint density at radius 2 is 1.57 bits per heavy atom. The van der Waals surface area contributed by atoms with Gasteiger partial charge in [-0.25, -0.2) is 13.8 Å². The average Bonchev–Trinajstić information content (AvgIpc) is 2.89. The number of nitrogens with zero attached hydrogens (tertiary/aromatic N) is 4. The van der Waals surface area contributed by atoms with Gasteiger partial charge in [0.1, 0.15) is 11.6 Å². The normalized spacial score (nSPS) is 13.9. The van der Waals surface area contributed by atoms with Crippen molar-refractivity contribution in [3.63, 3.8) is 0 Å². The Labute approximate surface area is 204 Å². The molecular formula is C26H22F2N4O2S.